The number of carbonyl (C=O) groups excluding carboxylic acids is 3. The van der Waals surface area contributed by atoms with Crippen molar-refractivity contribution in [3.8, 4) is 5.75 Å². The van der Waals surface area contributed by atoms with Crippen molar-refractivity contribution >= 4 is 29.2 Å². The maximum Gasteiger partial charge on any atom is 0.343 e. The molecule has 7 heteroatoms. The Morgan fingerprint density at radius 1 is 1.14 bits per heavy atom. The Kier molecular flexibility index (Phi) is 6.16. The number of benzene rings is 2. The topological polar surface area (TPSA) is 84.9 Å². The van der Waals surface area contributed by atoms with Crippen molar-refractivity contribution in [1.82, 2.24) is 0 Å². The van der Waals surface area contributed by atoms with E-state index in [1.165, 1.54) is 7.11 Å². The minimum absolute atomic E-state index is 0.0581. The number of methoxy groups -OCH3 is 1. The average molecular weight is 396 g/mol. The van der Waals surface area contributed by atoms with Crippen LogP contribution < -0.4 is 15.0 Å². The zero-order chi connectivity index (χ0) is 21.0. The molecule has 29 heavy (non-hydrogen) atoms. The Morgan fingerprint density at radius 3 is 2.52 bits per heavy atom. The second-order valence-electron chi connectivity index (χ2n) is 7.07. The molecule has 1 fully saturated rings. The predicted octanol–water partition coefficient (Wildman–Crippen LogP) is 2.85. The van der Waals surface area contributed by atoms with E-state index in [9.17, 15) is 14.4 Å². The Balaban J connectivity index is 1.62. The molecule has 0 aromatic heterocycles. The number of aryl methyl sites for hydroxylation is 2. The Morgan fingerprint density at radius 2 is 1.86 bits per heavy atom. The molecule has 1 aliphatic heterocycles. The second-order valence-corrected chi connectivity index (χ2v) is 7.07. The standard InChI is InChI=1S/C22H24N2O5/c1-14-4-6-17(7-5-14)24-12-16(11-20(24)25)22(27)23-19-9-8-18(10-15(19)2)29-13-21(26)28-3/h4-10,16H,11-13H2,1-3H3,(H,23,27). The molecule has 1 atom stereocenters. The molecule has 2 amide bonds. The van der Waals surface area contributed by atoms with E-state index < -0.39 is 11.9 Å². The maximum absolute atomic E-state index is 12.7. The van der Waals surface area contributed by atoms with Crippen LogP contribution >= 0.6 is 0 Å². The molecule has 1 heterocycles. The van der Waals surface area contributed by atoms with Crippen LogP contribution in [0.25, 0.3) is 0 Å². The number of nitrogens with one attached hydrogen (secondary N) is 1. The van der Waals surface area contributed by atoms with Gasteiger partial charge < -0.3 is 19.7 Å². The first kappa shape index (κ1) is 20.4. The first-order chi connectivity index (χ1) is 13.9. The summed E-state index contributed by atoms with van der Waals surface area (Å²) in [5.74, 6) is -0.633. The third kappa shape index (κ3) is 4.93. The molecule has 0 spiro atoms. The highest BCUT2D eigenvalue weighted by Crippen LogP contribution is 2.27. The Hall–Kier alpha value is -3.35. The highest BCUT2D eigenvalue weighted by molar-refractivity contribution is 6.03. The van der Waals surface area contributed by atoms with Crippen molar-refractivity contribution in [3.05, 3.63) is 53.6 Å². The number of nitrogens with zero attached hydrogens (tertiary/aromatic N) is 1. The van der Waals surface area contributed by atoms with Gasteiger partial charge in [-0.15, -0.1) is 0 Å². The number of carbonyl (C=O) groups is 3. The fraction of sp³-hybridized carbons (Fsp3) is 0.318. The van der Waals surface area contributed by atoms with Crippen LogP contribution in [0.15, 0.2) is 42.5 Å². The third-order valence-corrected chi connectivity index (χ3v) is 4.88. The van der Waals surface area contributed by atoms with E-state index in [0.29, 0.717) is 18.0 Å². The Labute approximate surface area is 169 Å². The summed E-state index contributed by atoms with van der Waals surface area (Å²) in [5, 5.41) is 2.89. The SMILES string of the molecule is COC(=O)COc1ccc(NC(=O)C2CC(=O)N(c3ccc(C)cc3)C2)c(C)c1. The highest BCUT2D eigenvalue weighted by atomic mass is 16.6. The molecule has 2 aromatic rings. The molecule has 1 saturated heterocycles. The molecule has 7 nitrogen and oxygen atoms in total. The van der Waals surface area contributed by atoms with Gasteiger partial charge in [-0.05, 0) is 49.7 Å². The molecule has 1 unspecified atom stereocenters. The number of hydrogen-bond acceptors (Lipinski definition) is 5. The third-order valence-electron chi connectivity index (χ3n) is 4.88. The molecule has 1 aliphatic rings. The first-order valence-electron chi connectivity index (χ1n) is 9.35. The number of rotatable bonds is 6. The minimum Gasteiger partial charge on any atom is -0.482 e. The number of esters is 1. The van der Waals surface area contributed by atoms with Crippen LogP contribution in [0.2, 0.25) is 0 Å². The zero-order valence-electron chi connectivity index (χ0n) is 16.7. The maximum atomic E-state index is 12.7. The van der Waals surface area contributed by atoms with Gasteiger partial charge in [0.15, 0.2) is 6.61 Å². The fourth-order valence-electron chi connectivity index (χ4n) is 3.16. The average Bonchev–Trinajstić information content (AvgIpc) is 3.10. The van der Waals surface area contributed by atoms with Crippen molar-refractivity contribution in [1.29, 1.82) is 0 Å². The van der Waals surface area contributed by atoms with Gasteiger partial charge in [0, 0.05) is 24.3 Å². The highest BCUT2D eigenvalue weighted by Gasteiger charge is 2.35. The zero-order valence-corrected chi connectivity index (χ0v) is 16.7. The van der Waals surface area contributed by atoms with E-state index >= 15 is 0 Å². The molecule has 0 radical (unpaired) electrons. The van der Waals surface area contributed by atoms with E-state index in [0.717, 1.165) is 16.8 Å². The Bertz CT molecular complexity index is 923. The lowest BCUT2D eigenvalue weighted by molar-refractivity contribution is -0.142. The molecule has 1 N–H and O–H groups in total. The second kappa shape index (κ2) is 8.77. The van der Waals surface area contributed by atoms with Crippen LogP contribution in [0.4, 0.5) is 11.4 Å². The number of hydrogen-bond donors (Lipinski definition) is 1. The van der Waals surface area contributed by atoms with Crippen LogP contribution in [-0.4, -0.2) is 38.0 Å². The summed E-state index contributed by atoms with van der Waals surface area (Å²) in [5.41, 5.74) is 3.35. The van der Waals surface area contributed by atoms with Crippen LogP contribution in [0.5, 0.6) is 5.75 Å². The van der Waals surface area contributed by atoms with Gasteiger partial charge in [0.05, 0.1) is 13.0 Å². The van der Waals surface area contributed by atoms with Gasteiger partial charge in [-0.2, -0.15) is 0 Å². The van der Waals surface area contributed by atoms with Crippen molar-refractivity contribution in [3.63, 3.8) is 0 Å². The van der Waals surface area contributed by atoms with Crippen LogP contribution in [0.3, 0.4) is 0 Å². The van der Waals surface area contributed by atoms with Gasteiger partial charge in [0.25, 0.3) is 0 Å². The lowest BCUT2D eigenvalue weighted by Crippen LogP contribution is -2.28. The summed E-state index contributed by atoms with van der Waals surface area (Å²) >= 11 is 0. The number of anilines is 2. The largest absolute Gasteiger partial charge is 0.482 e. The van der Waals surface area contributed by atoms with Gasteiger partial charge >= 0.3 is 5.97 Å². The van der Waals surface area contributed by atoms with Crippen LogP contribution in [0, 0.1) is 19.8 Å². The van der Waals surface area contributed by atoms with Crippen molar-refractivity contribution in [2.24, 2.45) is 5.92 Å². The summed E-state index contributed by atoms with van der Waals surface area (Å²) in [6.45, 7) is 3.99. The molecule has 0 saturated carbocycles. The fourth-order valence-corrected chi connectivity index (χ4v) is 3.16. The van der Waals surface area contributed by atoms with Gasteiger partial charge in [-0.3, -0.25) is 9.59 Å². The number of ether oxygens (including phenoxy) is 2. The van der Waals surface area contributed by atoms with Crippen molar-refractivity contribution in [2.45, 2.75) is 20.3 Å². The van der Waals surface area contributed by atoms with Gasteiger partial charge in [-0.25, -0.2) is 4.79 Å². The van der Waals surface area contributed by atoms with E-state index in [2.05, 4.69) is 10.1 Å². The van der Waals surface area contributed by atoms with Gasteiger partial charge in [0.2, 0.25) is 11.8 Å². The lowest BCUT2D eigenvalue weighted by atomic mass is 10.1. The minimum atomic E-state index is -0.468. The lowest BCUT2D eigenvalue weighted by Gasteiger charge is -2.17. The van der Waals surface area contributed by atoms with E-state index in [1.807, 2.05) is 38.1 Å². The summed E-state index contributed by atoms with van der Waals surface area (Å²) in [6.07, 6.45) is 0.180. The summed E-state index contributed by atoms with van der Waals surface area (Å²) < 4.78 is 9.88. The van der Waals surface area contributed by atoms with E-state index in [-0.39, 0.29) is 24.8 Å². The summed E-state index contributed by atoms with van der Waals surface area (Å²) in [6, 6.07) is 12.8. The smallest absolute Gasteiger partial charge is 0.343 e. The van der Waals surface area contributed by atoms with Gasteiger partial charge in [0.1, 0.15) is 5.75 Å². The molecule has 3 rings (SSSR count). The van der Waals surface area contributed by atoms with E-state index in [4.69, 9.17) is 4.74 Å². The number of amides is 2. The van der Waals surface area contributed by atoms with Crippen LogP contribution in [0.1, 0.15) is 17.5 Å². The van der Waals surface area contributed by atoms with Crippen molar-refractivity contribution < 1.29 is 23.9 Å². The molecule has 0 aliphatic carbocycles. The molecule has 0 bridgehead atoms. The normalized spacial score (nSPS) is 15.9. The van der Waals surface area contributed by atoms with Crippen LogP contribution in [-0.2, 0) is 19.1 Å². The first-order valence-corrected chi connectivity index (χ1v) is 9.35. The molecule has 2 aromatic carbocycles. The quantitative estimate of drug-likeness (QED) is 0.759. The van der Waals surface area contributed by atoms with Gasteiger partial charge in [-0.1, -0.05) is 17.7 Å². The predicted molar refractivity (Wildman–Crippen MR) is 109 cm³/mol. The molecule has 152 valence electrons. The summed E-state index contributed by atoms with van der Waals surface area (Å²) in [4.78, 5) is 37.9. The monoisotopic (exact) mass is 396 g/mol. The van der Waals surface area contributed by atoms with E-state index in [1.54, 1.807) is 23.1 Å². The molecular formula is C22H24N2O5. The van der Waals surface area contributed by atoms with Crippen molar-refractivity contribution in [2.75, 3.05) is 30.5 Å². The summed E-state index contributed by atoms with van der Waals surface area (Å²) in [7, 11) is 1.29. The molecular weight excluding hydrogens is 372 g/mol.